The molecule has 0 saturated carbocycles. The number of allylic oxidation sites excluding steroid dienone is 1. The van der Waals surface area contributed by atoms with Crippen molar-refractivity contribution in [1.82, 2.24) is 0 Å². The van der Waals surface area contributed by atoms with E-state index < -0.39 is 26.4 Å². The number of ketones is 1. The molecule has 3 rings (SSSR count). The van der Waals surface area contributed by atoms with E-state index in [1.807, 2.05) is 0 Å². The van der Waals surface area contributed by atoms with Crippen LogP contribution in [-0.2, 0) is 9.84 Å². The first-order valence-corrected chi connectivity index (χ1v) is 8.73. The summed E-state index contributed by atoms with van der Waals surface area (Å²) in [6.45, 7) is 0. The SMILES string of the molecule is O=C(/C=C/c1ccc(S(=O)(=O)c2ccccc2)o1)c1ccc([N+](=O)[O-])o1. The van der Waals surface area contributed by atoms with Gasteiger partial charge in [0.25, 0.3) is 0 Å². The van der Waals surface area contributed by atoms with Crippen molar-refractivity contribution in [3.63, 3.8) is 0 Å². The van der Waals surface area contributed by atoms with Gasteiger partial charge in [0.15, 0.2) is 5.76 Å². The third kappa shape index (κ3) is 3.47. The van der Waals surface area contributed by atoms with Gasteiger partial charge in [0.1, 0.15) is 10.7 Å². The Balaban J connectivity index is 1.78. The van der Waals surface area contributed by atoms with Crippen LogP contribution < -0.4 is 0 Å². The Morgan fingerprint density at radius 2 is 1.73 bits per heavy atom. The fourth-order valence-corrected chi connectivity index (χ4v) is 3.28. The average Bonchev–Trinajstić information content (AvgIpc) is 3.30. The van der Waals surface area contributed by atoms with Crippen LogP contribution in [0.5, 0.6) is 0 Å². The van der Waals surface area contributed by atoms with E-state index in [1.54, 1.807) is 18.2 Å². The van der Waals surface area contributed by atoms with Crippen LogP contribution >= 0.6 is 0 Å². The molecular weight excluding hydrogens is 362 g/mol. The van der Waals surface area contributed by atoms with Crippen molar-refractivity contribution >= 4 is 27.6 Å². The summed E-state index contributed by atoms with van der Waals surface area (Å²) in [5.74, 6) is -1.25. The predicted molar refractivity (Wildman–Crippen MR) is 89.3 cm³/mol. The molecule has 3 aromatic rings. The second kappa shape index (κ2) is 6.81. The predicted octanol–water partition coefficient (Wildman–Crippen LogP) is 3.51. The van der Waals surface area contributed by atoms with Crippen molar-refractivity contribution < 1.29 is 27.0 Å². The lowest BCUT2D eigenvalue weighted by atomic mass is 10.2. The van der Waals surface area contributed by atoms with E-state index in [0.29, 0.717) is 0 Å². The highest BCUT2D eigenvalue weighted by Gasteiger charge is 2.21. The van der Waals surface area contributed by atoms with Gasteiger partial charge in [-0.25, -0.2) is 8.42 Å². The van der Waals surface area contributed by atoms with Crippen LogP contribution in [0.15, 0.2) is 79.5 Å². The smallest absolute Gasteiger partial charge is 0.433 e. The molecule has 9 heteroatoms. The van der Waals surface area contributed by atoms with Crippen LogP contribution in [-0.4, -0.2) is 19.1 Å². The van der Waals surface area contributed by atoms with Gasteiger partial charge in [-0.15, -0.1) is 0 Å². The number of rotatable bonds is 6. The van der Waals surface area contributed by atoms with Crippen molar-refractivity contribution in [1.29, 1.82) is 0 Å². The molecule has 1 aromatic carbocycles. The number of sulfone groups is 1. The highest BCUT2D eigenvalue weighted by molar-refractivity contribution is 7.91. The molecule has 8 nitrogen and oxygen atoms in total. The maximum atomic E-state index is 12.4. The van der Waals surface area contributed by atoms with Crippen LogP contribution in [0.3, 0.4) is 0 Å². The Hall–Kier alpha value is -3.46. The highest BCUT2D eigenvalue weighted by atomic mass is 32.2. The van der Waals surface area contributed by atoms with Crippen molar-refractivity contribution in [3.05, 3.63) is 82.3 Å². The summed E-state index contributed by atoms with van der Waals surface area (Å²) < 4.78 is 34.9. The lowest BCUT2D eigenvalue weighted by Crippen LogP contribution is -1.99. The quantitative estimate of drug-likeness (QED) is 0.280. The van der Waals surface area contributed by atoms with E-state index >= 15 is 0 Å². The Morgan fingerprint density at radius 1 is 1.00 bits per heavy atom. The normalized spacial score (nSPS) is 11.7. The molecule has 132 valence electrons. The van der Waals surface area contributed by atoms with E-state index in [0.717, 1.165) is 12.1 Å². The third-order valence-corrected chi connectivity index (χ3v) is 4.98. The second-order valence-corrected chi connectivity index (χ2v) is 6.95. The zero-order valence-corrected chi connectivity index (χ0v) is 13.9. The Morgan fingerprint density at radius 3 is 2.38 bits per heavy atom. The van der Waals surface area contributed by atoms with Crippen LogP contribution in [0.25, 0.3) is 6.08 Å². The first-order chi connectivity index (χ1) is 12.4. The third-order valence-electron chi connectivity index (χ3n) is 3.33. The summed E-state index contributed by atoms with van der Waals surface area (Å²) in [6, 6.07) is 12.7. The second-order valence-electron chi connectivity index (χ2n) is 5.07. The zero-order valence-electron chi connectivity index (χ0n) is 13.1. The van der Waals surface area contributed by atoms with E-state index in [4.69, 9.17) is 8.83 Å². The number of carbonyl (C=O) groups excluding carboxylic acids is 1. The van der Waals surface area contributed by atoms with Gasteiger partial charge < -0.3 is 8.83 Å². The molecule has 0 radical (unpaired) electrons. The van der Waals surface area contributed by atoms with Crippen LogP contribution in [0.2, 0.25) is 0 Å². The Bertz CT molecular complexity index is 1090. The minimum Gasteiger partial charge on any atom is -0.445 e. The molecule has 2 aromatic heterocycles. The van der Waals surface area contributed by atoms with Crippen molar-refractivity contribution in [3.8, 4) is 0 Å². The van der Waals surface area contributed by atoms with Gasteiger partial charge in [0.2, 0.25) is 20.7 Å². The lowest BCUT2D eigenvalue weighted by molar-refractivity contribution is -0.402. The summed E-state index contributed by atoms with van der Waals surface area (Å²) in [5.41, 5.74) is 0. The number of nitro groups is 1. The monoisotopic (exact) mass is 373 g/mol. The number of nitrogens with zero attached hydrogens (tertiary/aromatic N) is 1. The molecular formula is C17H11NO7S. The van der Waals surface area contributed by atoms with Crippen LogP contribution in [0, 0.1) is 10.1 Å². The molecule has 0 atom stereocenters. The maximum absolute atomic E-state index is 12.4. The van der Waals surface area contributed by atoms with Crippen molar-refractivity contribution in [2.45, 2.75) is 9.99 Å². The standard InChI is InChI=1S/C17H11NO7S/c19-14(15-9-10-16(25-15)18(20)21)8-6-12-7-11-17(24-12)26(22,23)13-4-2-1-3-5-13/h1-11H/b8-6+. The van der Waals surface area contributed by atoms with Gasteiger partial charge in [-0.3, -0.25) is 14.9 Å². The van der Waals surface area contributed by atoms with Gasteiger partial charge in [-0.05, 0) is 42.5 Å². The fraction of sp³-hybridized carbons (Fsp3) is 0. The summed E-state index contributed by atoms with van der Waals surface area (Å²) >= 11 is 0. The molecule has 2 heterocycles. The molecule has 0 amide bonds. The molecule has 0 spiro atoms. The topological polar surface area (TPSA) is 121 Å². The summed E-state index contributed by atoms with van der Waals surface area (Å²) in [5, 5.41) is 10.3. The highest BCUT2D eigenvalue weighted by Crippen LogP contribution is 2.23. The molecule has 0 N–H and O–H groups in total. The molecule has 0 aliphatic heterocycles. The van der Waals surface area contributed by atoms with Crippen molar-refractivity contribution in [2.24, 2.45) is 0 Å². The van der Waals surface area contributed by atoms with Gasteiger partial charge in [-0.1, -0.05) is 18.2 Å². The Labute approximate surface area is 147 Å². The average molecular weight is 373 g/mol. The van der Waals surface area contributed by atoms with Crippen molar-refractivity contribution in [2.75, 3.05) is 0 Å². The van der Waals surface area contributed by atoms with E-state index in [1.165, 1.54) is 36.4 Å². The maximum Gasteiger partial charge on any atom is 0.433 e. The molecule has 0 fully saturated rings. The van der Waals surface area contributed by atoms with E-state index in [2.05, 4.69) is 0 Å². The largest absolute Gasteiger partial charge is 0.445 e. The molecule has 0 aliphatic carbocycles. The minimum atomic E-state index is -3.79. The van der Waals surface area contributed by atoms with E-state index in [-0.39, 0.29) is 21.5 Å². The summed E-state index contributed by atoms with van der Waals surface area (Å²) in [7, 11) is -3.79. The first-order valence-electron chi connectivity index (χ1n) is 7.24. The number of furan rings is 2. The van der Waals surface area contributed by atoms with Gasteiger partial charge in [-0.2, -0.15) is 0 Å². The number of benzene rings is 1. The number of hydrogen-bond donors (Lipinski definition) is 0. The zero-order chi connectivity index (χ0) is 18.7. The minimum absolute atomic E-state index is 0.0869. The van der Waals surface area contributed by atoms with E-state index in [9.17, 15) is 23.3 Å². The molecule has 0 bridgehead atoms. The molecule has 0 saturated heterocycles. The summed E-state index contributed by atoms with van der Waals surface area (Å²) in [4.78, 5) is 21.8. The number of carbonyl (C=O) groups is 1. The summed E-state index contributed by atoms with van der Waals surface area (Å²) in [6.07, 6.45) is 2.32. The van der Waals surface area contributed by atoms with Crippen LogP contribution in [0.1, 0.15) is 16.3 Å². The van der Waals surface area contributed by atoms with Gasteiger partial charge in [0, 0.05) is 0 Å². The van der Waals surface area contributed by atoms with Gasteiger partial charge in [0.05, 0.1) is 11.0 Å². The molecule has 0 aliphatic rings. The van der Waals surface area contributed by atoms with Gasteiger partial charge >= 0.3 is 5.88 Å². The Kier molecular flexibility index (Phi) is 4.55. The molecule has 0 unspecified atom stereocenters. The number of hydrogen-bond acceptors (Lipinski definition) is 7. The fourth-order valence-electron chi connectivity index (χ4n) is 2.08. The molecule has 26 heavy (non-hydrogen) atoms. The lowest BCUT2D eigenvalue weighted by Gasteiger charge is -1.99. The van der Waals surface area contributed by atoms with Crippen LogP contribution in [0.4, 0.5) is 5.88 Å². The first kappa shape index (κ1) is 17.4.